The molecule has 2 aromatic rings. The molecule has 5 heteroatoms. The summed E-state index contributed by atoms with van der Waals surface area (Å²) in [6.07, 6.45) is 3.47. The zero-order valence-corrected chi connectivity index (χ0v) is 11.1. The van der Waals surface area contributed by atoms with Crippen molar-refractivity contribution in [1.82, 2.24) is 9.97 Å². The Balaban J connectivity index is 2.54. The van der Waals surface area contributed by atoms with Crippen LogP contribution in [0.1, 0.15) is 0 Å². The molecule has 0 bridgehead atoms. The summed E-state index contributed by atoms with van der Waals surface area (Å²) in [5.41, 5.74) is 0. The van der Waals surface area contributed by atoms with Crippen molar-refractivity contribution >= 4 is 7.82 Å². The van der Waals surface area contributed by atoms with Crippen LogP contribution in [-0.4, -0.2) is 24.2 Å². The van der Waals surface area contributed by atoms with Crippen molar-refractivity contribution in [2.24, 2.45) is 0 Å². The van der Waals surface area contributed by atoms with Gasteiger partial charge in [-0.05, 0) is 0 Å². The number of pyridine rings is 2. The molecule has 2 heterocycles. The zero-order valence-electron chi connectivity index (χ0n) is 9.63. The molecule has 0 unspecified atom stereocenters. The summed E-state index contributed by atoms with van der Waals surface area (Å²) in [7, 11) is 3.28. The van der Waals surface area contributed by atoms with Crippen LogP contribution in [0.3, 0.4) is 0 Å². The summed E-state index contributed by atoms with van der Waals surface area (Å²) in [5, 5.41) is 0. The van der Waals surface area contributed by atoms with E-state index in [4.69, 9.17) is 6.49 Å². The van der Waals surface area contributed by atoms with Crippen LogP contribution in [0.25, 0.3) is 0 Å². The summed E-state index contributed by atoms with van der Waals surface area (Å²) >= 11 is -2.73. The van der Waals surface area contributed by atoms with Crippen molar-refractivity contribution in [2.75, 3.05) is 14.2 Å². The Kier molecular flexibility index (Phi) is 4.04. The first kappa shape index (κ1) is 12.4. The molecule has 17 heavy (non-hydrogen) atoms. The van der Waals surface area contributed by atoms with E-state index in [1.807, 2.05) is 36.4 Å². The number of nitrogens with zero attached hydrogens (tertiary/aromatic N) is 2. The third kappa shape index (κ3) is 2.31. The molecule has 0 atom stereocenters. The van der Waals surface area contributed by atoms with E-state index in [0.29, 0.717) is 0 Å². The molecule has 0 amide bonds. The van der Waals surface area contributed by atoms with Gasteiger partial charge in [-0.25, -0.2) is 0 Å². The molecule has 95 valence electrons. The molecule has 2 rings (SSSR count). The topological polar surface area (TPSA) is 44.2 Å². The standard InChI is InChI=1S/2C5H4N.2CH3O.Ag/c2*1-2-4-6-5-3-1;2*1-2;/h2*1-4H;2*1H3;/q;;2*-1;+2. The Hall–Kier alpha value is -1.04. The molecule has 0 saturated heterocycles. The summed E-state index contributed by atoms with van der Waals surface area (Å²) in [4.78, 5) is 8.68. The van der Waals surface area contributed by atoms with Crippen LogP contribution in [0.2, 0.25) is 0 Å². The van der Waals surface area contributed by atoms with Gasteiger partial charge in [0.05, 0.1) is 0 Å². The predicted molar refractivity (Wildman–Crippen MR) is 61.8 cm³/mol. The van der Waals surface area contributed by atoms with Gasteiger partial charge >= 0.3 is 105 Å². The van der Waals surface area contributed by atoms with Crippen LogP contribution >= 0.6 is 0 Å². The number of hydrogen-bond acceptors (Lipinski definition) is 4. The van der Waals surface area contributed by atoms with E-state index in [2.05, 4.69) is 9.97 Å². The number of aromatic nitrogens is 2. The van der Waals surface area contributed by atoms with Gasteiger partial charge in [-0.15, -0.1) is 0 Å². The van der Waals surface area contributed by atoms with Crippen molar-refractivity contribution in [3.05, 3.63) is 48.8 Å². The van der Waals surface area contributed by atoms with Gasteiger partial charge in [-0.3, -0.25) is 0 Å². The van der Waals surface area contributed by atoms with Gasteiger partial charge in [0.15, 0.2) is 0 Å². The van der Waals surface area contributed by atoms with Gasteiger partial charge in [-0.1, -0.05) is 0 Å². The summed E-state index contributed by atoms with van der Waals surface area (Å²) in [6, 6.07) is 11.4. The van der Waals surface area contributed by atoms with Crippen LogP contribution in [0.4, 0.5) is 0 Å². The molecule has 0 N–H and O–H groups in total. The molecule has 0 aliphatic rings. The molecule has 0 aliphatic heterocycles. The van der Waals surface area contributed by atoms with E-state index in [1.165, 1.54) is 0 Å². The average Bonchev–Trinajstić information content (AvgIpc) is 2.43. The van der Waals surface area contributed by atoms with Gasteiger partial charge < -0.3 is 0 Å². The minimum absolute atomic E-state index is 0.810. The third-order valence-corrected chi connectivity index (χ3v) is 6.55. The van der Waals surface area contributed by atoms with Gasteiger partial charge in [0, 0.05) is 0 Å². The SMILES string of the molecule is C[O][Ag]([O]C)([c]1ccccn1)[c]1ccccn1. The fourth-order valence-electron chi connectivity index (χ4n) is 1.27. The van der Waals surface area contributed by atoms with E-state index in [1.54, 1.807) is 26.6 Å². The van der Waals surface area contributed by atoms with E-state index in [-0.39, 0.29) is 0 Å². The van der Waals surface area contributed by atoms with Crippen molar-refractivity contribution < 1.29 is 24.4 Å². The quantitative estimate of drug-likeness (QED) is 0.776. The van der Waals surface area contributed by atoms with E-state index < -0.39 is 17.9 Å². The number of rotatable bonds is 4. The van der Waals surface area contributed by atoms with Crippen molar-refractivity contribution in [1.29, 1.82) is 0 Å². The molecule has 0 aliphatic carbocycles. The van der Waals surface area contributed by atoms with E-state index in [9.17, 15) is 0 Å². The van der Waals surface area contributed by atoms with Crippen molar-refractivity contribution in [3.8, 4) is 0 Å². The predicted octanol–water partition coefficient (Wildman–Crippen LogP) is 0.704. The first-order valence-electron chi connectivity index (χ1n) is 4.91. The molecule has 0 aromatic carbocycles. The summed E-state index contributed by atoms with van der Waals surface area (Å²) in [5.74, 6) is 0. The van der Waals surface area contributed by atoms with Crippen molar-refractivity contribution in [3.63, 3.8) is 0 Å². The monoisotopic (exact) mass is 325 g/mol. The van der Waals surface area contributed by atoms with Crippen LogP contribution < -0.4 is 7.82 Å². The third-order valence-electron chi connectivity index (χ3n) is 1.97. The first-order valence-corrected chi connectivity index (χ1v) is 7.60. The molecular weight excluding hydrogens is 312 g/mol. The first-order chi connectivity index (χ1) is 8.33. The van der Waals surface area contributed by atoms with Crippen LogP contribution in [0, 0.1) is 0 Å². The molecule has 0 radical (unpaired) electrons. The molecule has 2 aromatic heterocycles. The fraction of sp³-hybridized carbons (Fsp3) is 0.167. The molecule has 0 fully saturated rings. The van der Waals surface area contributed by atoms with E-state index >= 15 is 0 Å². The normalized spacial score (nSPS) is 12.4. The van der Waals surface area contributed by atoms with Crippen molar-refractivity contribution in [2.45, 2.75) is 0 Å². The summed E-state index contributed by atoms with van der Waals surface area (Å²) < 4.78 is 12.9. The van der Waals surface area contributed by atoms with E-state index in [0.717, 1.165) is 7.82 Å². The Morgan fingerprint density at radius 3 is 1.59 bits per heavy atom. The van der Waals surface area contributed by atoms with Crippen LogP contribution in [0.5, 0.6) is 0 Å². The Morgan fingerprint density at radius 2 is 1.29 bits per heavy atom. The second-order valence-corrected chi connectivity index (χ2v) is 7.40. The summed E-state index contributed by atoms with van der Waals surface area (Å²) in [6.45, 7) is 0. The minimum atomic E-state index is -2.73. The van der Waals surface area contributed by atoms with Gasteiger partial charge in [0.2, 0.25) is 0 Å². The molecule has 4 nitrogen and oxygen atoms in total. The fourth-order valence-corrected chi connectivity index (χ4v) is 4.81. The molecule has 0 spiro atoms. The molecular formula is C12H14AgN2O2. The molecule has 0 saturated carbocycles. The zero-order chi connectivity index (χ0) is 12.1. The Morgan fingerprint density at radius 1 is 0.824 bits per heavy atom. The maximum absolute atomic E-state index is 5.65. The van der Waals surface area contributed by atoms with Gasteiger partial charge in [0.25, 0.3) is 0 Å². The second kappa shape index (κ2) is 5.53. The second-order valence-electron chi connectivity index (χ2n) is 2.84. The van der Waals surface area contributed by atoms with Crippen LogP contribution in [-0.2, 0) is 24.4 Å². The Labute approximate surface area is 105 Å². The average molecular weight is 326 g/mol. The van der Waals surface area contributed by atoms with Crippen LogP contribution in [0.15, 0.2) is 48.8 Å². The Bertz CT molecular complexity index is 419. The maximum atomic E-state index is 5.65. The van der Waals surface area contributed by atoms with Gasteiger partial charge in [-0.2, -0.15) is 0 Å². The van der Waals surface area contributed by atoms with Gasteiger partial charge in [0.1, 0.15) is 0 Å². The number of hydrogen-bond donors (Lipinski definition) is 0.